The molecule has 1 heterocycles. The summed E-state index contributed by atoms with van der Waals surface area (Å²) in [5.74, 6) is 0.459. The first-order valence-electron chi connectivity index (χ1n) is 7.18. The molecule has 2 aromatic rings. The van der Waals surface area contributed by atoms with Gasteiger partial charge in [-0.3, -0.25) is 4.79 Å². The van der Waals surface area contributed by atoms with Gasteiger partial charge in [0.2, 0.25) is 5.91 Å². The second-order valence-corrected chi connectivity index (χ2v) is 7.24. The molecule has 114 valence electrons. The van der Waals surface area contributed by atoms with Gasteiger partial charge in [0.1, 0.15) is 10.1 Å². The van der Waals surface area contributed by atoms with Crippen molar-refractivity contribution < 1.29 is 4.79 Å². The number of hydrogen-bond acceptors (Lipinski definition) is 5. The first-order valence-corrected chi connectivity index (χ1v) is 8.98. The fraction of sp³-hybridized carbons (Fsp3) is 0.312. The maximum absolute atomic E-state index is 11.8. The van der Waals surface area contributed by atoms with Crippen LogP contribution in [-0.2, 0) is 4.79 Å². The lowest BCUT2D eigenvalue weighted by Crippen LogP contribution is -2.27. The first-order chi connectivity index (χ1) is 10.7. The highest BCUT2D eigenvalue weighted by molar-refractivity contribution is 8.02. The third-order valence-electron chi connectivity index (χ3n) is 3.12. The van der Waals surface area contributed by atoms with E-state index in [1.165, 1.54) is 17.3 Å². The van der Waals surface area contributed by atoms with Crippen LogP contribution in [0.3, 0.4) is 0 Å². The summed E-state index contributed by atoms with van der Waals surface area (Å²) in [5, 5.41) is 4.64. The molecular formula is C16H17N3OS2. The van der Waals surface area contributed by atoms with Crippen LogP contribution in [0.1, 0.15) is 18.4 Å². The highest BCUT2D eigenvalue weighted by Gasteiger charge is 2.23. The molecular weight excluding hydrogens is 314 g/mol. The number of hydrogen-bond donors (Lipinski definition) is 1. The summed E-state index contributed by atoms with van der Waals surface area (Å²) in [5.41, 5.74) is 1.21. The highest BCUT2D eigenvalue weighted by atomic mass is 32.2. The quantitative estimate of drug-likeness (QED) is 0.823. The number of carbonyl (C=O) groups excluding carboxylic acids is 1. The van der Waals surface area contributed by atoms with Crippen LogP contribution >= 0.6 is 23.5 Å². The molecule has 6 heteroatoms. The average Bonchev–Trinajstić information content (AvgIpc) is 3.30. The van der Waals surface area contributed by atoms with E-state index >= 15 is 0 Å². The van der Waals surface area contributed by atoms with Crippen LogP contribution in [0.2, 0.25) is 0 Å². The van der Waals surface area contributed by atoms with Crippen molar-refractivity contribution in [3.8, 4) is 0 Å². The van der Waals surface area contributed by atoms with E-state index in [9.17, 15) is 4.79 Å². The third kappa shape index (κ3) is 4.48. The highest BCUT2D eigenvalue weighted by Crippen LogP contribution is 2.32. The number of rotatable bonds is 6. The Morgan fingerprint density at radius 1 is 1.27 bits per heavy atom. The largest absolute Gasteiger partial charge is 0.353 e. The van der Waals surface area contributed by atoms with Crippen LogP contribution in [0.4, 0.5) is 0 Å². The third-order valence-corrected chi connectivity index (χ3v) is 5.21. The Morgan fingerprint density at radius 2 is 2.05 bits per heavy atom. The number of nitrogens with zero attached hydrogens (tertiary/aromatic N) is 2. The van der Waals surface area contributed by atoms with Gasteiger partial charge >= 0.3 is 0 Å². The van der Waals surface area contributed by atoms with E-state index < -0.39 is 0 Å². The molecule has 0 atom stereocenters. The van der Waals surface area contributed by atoms with Crippen molar-refractivity contribution in [2.75, 3.05) is 5.75 Å². The van der Waals surface area contributed by atoms with Crippen LogP contribution in [0.25, 0.3) is 0 Å². The monoisotopic (exact) mass is 331 g/mol. The Kier molecular flexibility index (Phi) is 5.00. The van der Waals surface area contributed by atoms with E-state index in [1.807, 2.05) is 6.07 Å². The van der Waals surface area contributed by atoms with Crippen molar-refractivity contribution in [3.05, 3.63) is 42.2 Å². The molecule has 3 rings (SSSR count). The number of aromatic nitrogens is 2. The van der Waals surface area contributed by atoms with Crippen molar-refractivity contribution in [2.45, 2.75) is 40.8 Å². The van der Waals surface area contributed by atoms with Crippen molar-refractivity contribution in [1.29, 1.82) is 0 Å². The Bertz CT molecular complexity index is 674. The van der Waals surface area contributed by atoms with Crippen molar-refractivity contribution in [3.63, 3.8) is 0 Å². The summed E-state index contributed by atoms with van der Waals surface area (Å²) in [6, 6.07) is 8.67. The van der Waals surface area contributed by atoms with Gasteiger partial charge in [0, 0.05) is 23.3 Å². The molecule has 1 aromatic carbocycles. The summed E-state index contributed by atoms with van der Waals surface area (Å²) in [6.45, 7) is 2.07. The molecule has 0 spiro atoms. The van der Waals surface area contributed by atoms with Crippen LogP contribution in [-0.4, -0.2) is 27.7 Å². The summed E-state index contributed by atoms with van der Waals surface area (Å²) >= 11 is 3.02. The predicted octanol–water partition coefficient (Wildman–Crippen LogP) is 3.31. The van der Waals surface area contributed by atoms with Gasteiger partial charge in [-0.25, -0.2) is 9.97 Å². The molecule has 1 aliphatic rings. The number of amides is 1. The van der Waals surface area contributed by atoms with E-state index in [2.05, 4.69) is 40.4 Å². The van der Waals surface area contributed by atoms with E-state index in [1.54, 1.807) is 24.2 Å². The molecule has 1 amide bonds. The molecule has 1 aromatic heterocycles. The minimum absolute atomic E-state index is 0.0738. The molecule has 22 heavy (non-hydrogen) atoms. The van der Waals surface area contributed by atoms with Gasteiger partial charge in [-0.15, -0.1) is 0 Å². The predicted molar refractivity (Wildman–Crippen MR) is 89.2 cm³/mol. The molecule has 0 unspecified atom stereocenters. The van der Waals surface area contributed by atoms with Crippen LogP contribution < -0.4 is 5.32 Å². The summed E-state index contributed by atoms with van der Waals surface area (Å²) in [6.07, 6.45) is 5.57. The van der Waals surface area contributed by atoms with E-state index in [0.29, 0.717) is 11.8 Å². The molecule has 1 aliphatic carbocycles. The van der Waals surface area contributed by atoms with Gasteiger partial charge in [0.25, 0.3) is 0 Å². The standard InChI is InChI=1S/C16H17N3OS2/c1-11-3-2-4-13(9-11)22-16-15(17-7-8-18-16)21-10-14(20)19-12-5-6-12/h2-4,7-9,12H,5-6,10H2,1H3,(H,19,20). The summed E-state index contributed by atoms with van der Waals surface area (Å²) in [7, 11) is 0. The van der Waals surface area contributed by atoms with E-state index in [0.717, 1.165) is 27.8 Å². The summed E-state index contributed by atoms with van der Waals surface area (Å²) in [4.78, 5) is 21.7. The summed E-state index contributed by atoms with van der Waals surface area (Å²) < 4.78 is 0. The maximum atomic E-state index is 11.8. The van der Waals surface area contributed by atoms with Gasteiger partial charge < -0.3 is 5.32 Å². The van der Waals surface area contributed by atoms with Gasteiger partial charge in [-0.05, 0) is 31.9 Å². The molecule has 0 saturated heterocycles. The fourth-order valence-corrected chi connectivity index (χ4v) is 3.74. The van der Waals surface area contributed by atoms with Crippen molar-refractivity contribution in [1.82, 2.24) is 15.3 Å². The SMILES string of the molecule is Cc1cccc(Sc2nccnc2SCC(=O)NC2CC2)c1. The second kappa shape index (κ2) is 7.15. The number of thioether (sulfide) groups is 1. The Labute approximate surface area is 138 Å². The fourth-order valence-electron chi connectivity index (χ4n) is 1.90. The number of carbonyl (C=O) groups is 1. The zero-order valence-electron chi connectivity index (χ0n) is 12.3. The van der Waals surface area contributed by atoms with Crippen LogP contribution in [0, 0.1) is 6.92 Å². The number of nitrogens with one attached hydrogen (secondary N) is 1. The Balaban J connectivity index is 1.65. The molecule has 4 nitrogen and oxygen atoms in total. The van der Waals surface area contributed by atoms with Gasteiger partial charge in [-0.1, -0.05) is 41.2 Å². The average molecular weight is 331 g/mol. The van der Waals surface area contributed by atoms with Gasteiger partial charge in [0.15, 0.2) is 0 Å². The minimum Gasteiger partial charge on any atom is -0.353 e. The van der Waals surface area contributed by atoms with Gasteiger partial charge in [0.05, 0.1) is 5.75 Å². The molecule has 0 radical (unpaired) electrons. The Hall–Kier alpha value is -1.53. The van der Waals surface area contributed by atoms with Crippen LogP contribution in [0.5, 0.6) is 0 Å². The molecule has 1 N–H and O–H groups in total. The zero-order chi connectivity index (χ0) is 15.4. The van der Waals surface area contributed by atoms with Gasteiger partial charge in [-0.2, -0.15) is 0 Å². The minimum atomic E-state index is 0.0738. The topological polar surface area (TPSA) is 54.9 Å². The Morgan fingerprint density at radius 3 is 2.77 bits per heavy atom. The second-order valence-electron chi connectivity index (χ2n) is 5.22. The smallest absolute Gasteiger partial charge is 0.230 e. The molecule has 0 bridgehead atoms. The van der Waals surface area contributed by atoms with E-state index in [4.69, 9.17) is 0 Å². The van der Waals surface area contributed by atoms with Crippen molar-refractivity contribution in [2.24, 2.45) is 0 Å². The normalized spacial score (nSPS) is 13.9. The molecule has 1 saturated carbocycles. The van der Waals surface area contributed by atoms with Crippen molar-refractivity contribution >= 4 is 29.4 Å². The first kappa shape index (κ1) is 15.4. The maximum Gasteiger partial charge on any atom is 0.230 e. The molecule has 1 fully saturated rings. The zero-order valence-corrected chi connectivity index (χ0v) is 13.9. The van der Waals surface area contributed by atoms with Crippen LogP contribution in [0.15, 0.2) is 51.6 Å². The lowest BCUT2D eigenvalue weighted by Gasteiger charge is -2.07. The van der Waals surface area contributed by atoms with E-state index in [-0.39, 0.29) is 5.91 Å². The number of benzene rings is 1. The lowest BCUT2D eigenvalue weighted by molar-refractivity contribution is -0.118. The number of aryl methyl sites for hydroxylation is 1. The molecule has 0 aliphatic heterocycles. The lowest BCUT2D eigenvalue weighted by atomic mass is 10.2.